The van der Waals surface area contributed by atoms with Crippen LogP contribution in [0.25, 0.3) is 0 Å². The standard InChI is InChI=1S/C20H35NO/c1-4-5-6-7-8-9-10-11-12-13-14-15-19-16-18(2)17-20(22)21(19)3/h16-17H,4-15H2,1-3H3. The van der Waals surface area contributed by atoms with Gasteiger partial charge in [-0.05, 0) is 31.4 Å². The van der Waals surface area contributed by atoms with Gasteiger partial charge in [-0.15, -0.1) is 0 Å². The molecule has 2 heteroatoms. The lowest BCUT2D eigenvalue weighted by Gasteiger charge is -2.09. The number of pyridine rings is 1. The molecule has 0 aromatic carbocycles. The van der Waals surface area contributed by atoms with E-state index in [0.717, 1.165) is 12.0 Å². The van der Waals surface area contributed by atoms with E-state index in [2.05, 4.69) is 13.0 Å². The van der Waals surface area contributed by atoms with Crippen molar-refractivity contribution >= 4 is 0 Å². The van der Waals surface area contributed by atoms with Gasteiger partial charge in [0.25, 0.3) is 5.56 Å². The van der Waals surface area contributed by atoms with Crippen molar-refractivity contribution in [1.29, 1.82) is 0 Å². The van der Waals surface area contributed by atoms with E-state index < -0.39 is 0 Å². The minimum Gasteiger partial charge on any atom is -0.316 e. The molecular formula is C20H35NO. The molecule has 1 aromatic heterocycles. The molecule has 0 N–H and O–H groups in total. The molecule has 22 heavy (non-hydrogen) atoms. The Morgan fingerprint density at radius 1 is 0.818 bits per heavy atom. The Labute approximate surface area is 136 Å². The van der Waals surface area contributed by atoms with Crippen molar-refractivity contribution < 1.29 is 0 Å². The molecule has 1 aromatic rings. The van der Waals surface area contributed by atoms with Crippen LogP contribution in [-0.2, 0) is 13.5 Å². The summed E-state index contributed by atoms with van der Waals surface area (Å²) in [5.41, 5.74) is 2.39. The average molecular weight is 306 g/mol. The number of hydrogen-bond donors (Lipinski definition) is 0. The maximum absolute atomic E-state index is 11.7. The summed E-state index contributed by atoms with van der Waals surface area (Å²) in [6, 6.07) is 3.86. The van der Waals surface area contributed by atoms with Crippen molar-refractivity contribution in [3.05, 3.63) is 33.7 Å². The third-order valence-electron chi connectivity index (χ3n) is 4.54. The van der Waals surface area contributed by atoms with Gasteiger partial charge in [0.05, 0.1) is 0 Å². The Kier molecular flexibility index (Phi) is 9.94. The normalized spacial score (nSPS) is 11.0. The molecule has 0 aliphatic heterocycles. The van der Waals surface area contributed by atoms with Crippen molar-refractivity contribution in [2.45, 2.75) is 90.9 Å². The summed E-state index contributed by atoms with van der Waals surface area (Å²) < 4.78 is 1.79. The Hall–Kier alpha value is -1.05. The van der Waals surface area contributed by atoms with Crippen molar-refractivity contribution in [3.63, 3.8) is 0 Å². The first-order valence-electron chi connectivity index (χ1n) is 9.31. The van der Waals surface area contributed by atoms with Gasteiger partial charge in [-0.25, -0.2) is 0 Å². The average Bonchev–Trinajstić information content (AvgIpc) is 2.49. The van der Waals surface area contributed by atoms with E-state index in [1.54, 1.807) is 10.6 Å². The van der Waals surface area contributed by atoms with Gasteiger partial charge in [-0.1, -0.05) is 71.1 Å². The van der Waals surface area contributed by atoms with E-state index in [-0.39, 0.29) is 5.56 Å². The summed E-state index contributed by atoms with van der Waals surface area (Å²) in [4.78, 5) is 11.7. The summed E-state index contributed by atoms with van der Waals surface area (Å²) in [7, 11) is 1.88. The fraction of sp³-hybridized carbons (Fsp3) is 0.750. The van der Waals surface area contributed by atoms with Crippen molar-refractivity contribution in [2.75, 3.05) is 0 Å². The third-order valence-corrected chi connectivity index (χ3v) is 4.54. The monoisotopic (exact) mass is 305 g/mol. The van der Waals surface area contributed by atoms with Gasteiger partial charge < -0.3 is 4.57 Å². The van der Waals surface area contributed by atoms with Crippen LogP contribution in [0.4, 0.5) is 0 Å². The molecule has 1 heterocycles. The third kappa shape index (κ3) is 7.82. The van der Waals surface area contributed by atoms with Gasteiger partial charge >= 0.3 is 0 Å². The Balaban J connectivity index is 2.03. The van der Waals surface area contributed by atoms with Crippen molar-refractivity contribution in [2.24, 2.45) is 7.05 Å². The SMILES string of the molecule is CCCCCCCCCCCCCc1cc(C)cc(=O)n1C. The molecule has 0 saturated carbocycles. The van der Waals surface area contributed by atoms with E-state index in [0.29, 0.717) is 0 Å². The van der Waals surface area contributed by atoms with E-state index in [4.69, 9.17) is 0 Å². The van der Waals surface area contributed by atoms with Gasteiger partial charge in [0, 0.05) is 18.8 Å². The fourth-order valence-corrected chi connectivity index (χ4v) is 3.04. The van der Waals surface area contributed by atoms with E-state index in [1.165, 1.54) is 76.3 Å². The number of unbranched alkanes of at least 4 members (excludes halogenated alkanes) is 10. The van der Waals surface area contributed by atoms with Crippen LogP contribution in [0.2, 0.25) is 0 Å². The van der Waals surface area contributed by atoms with Crippen LogP contribution in [0.15, 0.2) is 16.9 Å². The zero-order chi connectivity index (χ0) is 16.2. The lowest BCUT2D eigenvalue weighted by Crippen LogP contribution is -2.19. The van der Waals surface area contributed by atoms with E-state index >= 15 is 0 Å². The van der Waals surface area contributed by atoms with Gasteiger partial charge in [0.2, 0.25) is 0 Å². The molecule has 0 spiro atoms. The molecule has 0 aliphatic carbocycles. The predicted molar refractivity (Wildman–Crippen MR) is 96.6 cm³/mol. The maximum Gasteiger partial charge on any atom is 0.250 e. The van der Waals surface area contributed by atoms with Crippen LogP contribution < -0.4 is 5.56 Å². The molecule has 0 aliphatic rings. The van der Waals surface area contributed by atoms with Gasteiger partial charge in [0.1, 0.15) is 0 Å². The molecule has 0 saturated heterocycles. The molecule has 126 valence electrons. The number of rotatable bonds is 12. The van der Waals surface area contributed by atoms with Crippen LogP contribution in [0.3, 0.4) is 0 Å². The highest BCUT2D eigenvalue weighted by Gasteiger charge is 2.01. The number of aryl methyl sites for hydroxylation is 2. The minimum atomic E-state index is 0.123. The smallest absolute Gasteiger partial charge is 0.250 e. The molecule has 1 rings (SSSR count). The molecule has 0 fully saturated rings. The summed E-state index contributed by atoms with van der Waals surface area (Å²) >= 11 is 0. The number of hydrogen-bond acceptors (Lipinski definition) is 1. The molecule has 0 radical (unpaired) electrons. The van der Waals surface area contributed by atoms with Gasteiger partial charge in [0.15, 0.2) is 0 Å². The lowest BCUT2D eigenvalue weighted by atomic mass is 10.0. The number of aromatic nitrogens is 1. The van der Waals surface area contributed by atoms with E-state index in [1.807, 2.05) is 14.0 Å². The van der Waals surface area contributed by atoms with Crippen molar-refractivity contribution in [1.82, 2.24) is 4.57 Å². The largest absolute Gasteiger partial charge is 0.316 e. The number of nitrogens with zero attached hydrogens (tertiary/aromatic N) is 1. The van der Waals surface area contributed by atoms with Gasteiger partial charge in [-0.3, -0.25) is 4.79 Å². The zero-order valence-electron chi connectivity index (χ0n) is 15.0. The Morgan fingerprint density at radius 2 is 1.32 bits per heavy atom. The first-order chi connectivity index (χ1) is 10.6. The molecule has 0 unspecified atom stereocenters. The Bertz CT molecular complexity index is 461. The summed E-state index contributed by atoms with van der Waals surface area (Å²) in [5, 5.41) is 0. The van der Waals surface area contributed by atoms with E-state index in [9.17, 15) is 4.79 Å². The quantitative estimate of drug-likeness (QED) is 0.464. The molecule has 0 bridgehead atoms. The van der Waals surface area contributed by atoms with Crippen LogP contribution in [0, 0.1) is 6.92 Å². The highest BCUT2D eigenvalue weighted by molar-refractivity contribution is 5.16. The predicted octanol–water partition coefficient (Wildman–Crippen LogP) is 5.55. The second-order valence-corrected chi connectivity index (χ2v) is 6.71. The Morgan fingerprint density at radius 3 is 1.86 bits per heavy atom. The summed E-state index contributed by atoms with van der Waals surface area (Å²) in [6.07, 6.45) is 16.1. The molecule has 0 amide bonds. The van der Waals surface area contributed by atoms with Crippen LogP contribution >= 0.6 is 0 Å². The minimum absolute atomic E-state index is 0.123. The van der Waals surface area contributed by atoms with Gasteiger partial charge in [-0.2, -0.15) is 0 Å². The first kappa shape index (κ1) is 19.0. The van der Waals surface area contributed by atoms with Crippen LogP contribution in [0.5, 0.6) is 0 Å². The molecule has 2 nitrogen and oxygen atoms in total. The maximum atomic E-state index is 11.7. The summed E-state index contributed by atoms with van der Waals surface area (Å²) in [6.45, 7) is 4.28. The fourth-order valence-electron chi connectivity index (χ4n) is 3.04. The second-order valence-electron chi connectivity index (χ2n) is 6.71. The van der Waals surface area contributed by atoms with Crippen LogP contribution in [0.1, 0.15) is 88.8 Å². The highest BCUT2D eigenvalue weighted by atomic mass is 16.1. The van der Waals surface area contributed by atoms with Crippen molar-refractivity contribution in [3.8, 4) is 0 Å². The van der Waals surface area contributed by atoms with Crippen LogP contribution in [-0.4, -0.2) is 4.57 Å². The summed E-state index contributed by atoms with van der Waals surface area (Å²) in [5.74, 6) is 0. The zero-order valence-corrected chi connectivity index (χ0v) is 15.0. The lowest BCUT2D eigenvalue weighted by molar-refractivity contribution is 0.547. The highest BCUT2D eigenvalue weighted by Crippen LogP contribution is 2.12. The first-order valence-corrected chi connectivity index (χ1v) is 9.31. The molecule has 0 atom stereocenters. The second kappa shape index (κ2) is 11.5. The topological polar surface area (TPSA) is 22.0 Å². The molecular weight excluding hydrogens is 270 g/mol.